The van der Waals surface area contributed by atoms with Gasteiger partial charge in [-0.2, -0.15) is 0 Å². The van der Waals surface area contributed by atoms with E-state index in [-0.39, 0.29) is 11.0 Å². The Hall–Kier alpha value is -1.20. The Morgan fingerprint density at radius 3 is 2.75 bits per heavy atom. The van der Waals surface area contributed by atoms with Gasteiger partial charge < -0.3 is 9.47 Å². The van der Waals surface area contributed by atoms with Crippen LogP contribution in [0.15, 0.2) is 24.3 Å². The molecule has 1 aromatic rings. The fourth-order valence-electron chi connectivity index (χ4n) is 2.22. The van der Waals surface area contributed by atoms with E-state index < -0.39 is 10.8 Å². The van der Waals surface area contributed by atoms with Gasteiger partial charge in [0.1, 0.15) is 5.75 Å². The van der Waals surface area contributed by atoms with Crippen LogP contribution in [0.2, 0.25) is 0 Å². The van der Waals surface area contributed by atoms with E-state index in [1.165, 1.54) is 6.92 Å². The Morgan fingerprint density at radius 1 is 1.35 bits per heavy atom. The number of hydrogen-bond acceptors (Lipinski definition) is 4. The van der Waals surface area contributed by atoms with Crippen LogP contribution < -0.4 is 4.74 Å². The molecule has 1 aromatic carbocycles. The Labute approximate surface area is 121 Å². The van der Waals surface area contributed by atoms with Gasteiger partial charge >= 0.3 is 0 Å². The van der Waals surface area contributed by atoms with Crippen molar-refractivity contribution in [3.05, 3.63) is 29.8 Å². The smallest absolute Gasteiger partial charge is 0.163 e. The molecule has 0 radical (unpaired) electrons. The largest absolute Gasteiger partial charge is 0.492 e. The highest BCUT2D eigenvalue weighted by Gasteiger charge is 2.20. The zero-order valence-corrected chi connectivity index (χ0v) is 12.5. The van der Waals surface area contributed by atoms with Crippen LogP contribution >= 0.6 is 0 Å². The maximum atomic E-state index is 12.1. The van der Waals surface area contributed by atoms with E-state index in [1.807, 2.05) is 12.1 Å². The Kier molecular flexibility index (Phi) is 5.73. The van der Waals surface area contributed by atoms with Crippen LogP contribution in [-0.2, 0) is 15.5 Å². The van der Waals surface area contributed by atoms with E-state index in [0.29, 0.717) is 36.9 Å². The Morgan fingerprint density at radius 2 is 2.05 bits per heavy atom. The van der Waals surface area contributed by atoms with Crippen molar-refractivity contribution in [1.82, 2.24) is 0 Å². The van der Waals surface area contributed by atoms with Crippen LogP contribution in [-0.4, -0.2) is 40.8 Å². The summed E-state index contributed by atoms with van der Waals surface area (Å²) in [6.45, 7) is 3.28. The minimum atomic E-state index is -0.887. The van der Waals surface area contributed by atoms with Crippen LogP contribution in [0, 0.1) is 0 Å². The number of hydrogen-bond donors (Lipinski definition) is 0. The molecule has 0 spiro atoms. The van der Waals surface area contributed by atoms with Crippen LogP contribution in [0.4, 0.5) is 0 Å². The van der Waals surface area contributed by atoms with E-state index in [2.05, 4.69) is 0 Å². The zero-order valence-electron chi connectivity index (χ0n) is 11.7. The van der Waals surface area contributed by atoms with E-state index in [9.17, 15) is 9.00 Å². The summed E-state index contributed by atoms with van der Waals surface area (Å²) in [5.74, 6) is 1.05. The predicted molar refractivity (Wildman–Crippen MR) is 78.8 cm³/mol. The lowest BCUT2D eigenvalue weighted by atomic mass is 10.1. The zero-order chi connectivity index (χ0) is 14.4. The average molecular weight is 296 g/mol. The third-order valence-corrected chi connectivity index (χ3v) is 5.13. The van der Waals surface area contributed by atoms with Crippen molar-refractivity contribution in [2.24, 2.45) is 0 Å². The fourth-order valence-corrected chi connectivity index (χ4v) is 3.52. The number of Topliss-reactive ketones (excluding diaryl/α,β-unsaturated/α-hetero) is 1. The second kappa shape index (κ2) is 7.55. The number of ether oxygens (including phenoxy) is 2. The number of carbonyl (C=O) groups excluding carboxylic acids is 1. The lowest BCUT2D eigenvalue weighted by Crippen LogP contribution is -2.28. The molecule has 1 aliphatic rings. The topological polar surface area (TPSA) is 52.6 Å². The molecule has 2 rings (SSSR count). The van der Waals surface area contributed by atoms with Gasteiger partial charge in [-0.3, -0.25) is 9.00 Å². The fraction of sp³-hybridized carbons (Fsp3) is 0.533. The highest BCUT2D eigenvalue weighted by atomic mass is 32.2. The third-order valence-electron chi connectivity index (χ3n) is 3.35. The number of benzene rings is 1. The molecule has 1 atom stereocenters. The van der Waals surface area contributed by atoms with Crippen molar-refractivity contribution in [2.75, 3.05) is 25.6 Å². The van der Waals surface area contributed by atoms with Gasteiger partial charge in [0.25, 0.3) is 0 Å². The molecular weight excluding hydrogens is 276 g/mol. The van der Waals surface area contributed by atoms with Gasteiger partial charge in [0.05, 0.1) is 17.9 Å². The minimum Gasteiger partial charge on any atom is -0.492 e. The lowest BCUT2D eigenvalue weighted by Gasteiger charge is -2.21. The SMILES string of the molecule is CC(=O)c1ccccc1OCCS(=O)C1CCOCC1. The molecule has 0 bridgehead atoms. The van der Waals surface area contributed by atoms with Crippen molar-refractivity contribution in [3.63, 3.8) is 0 Å². The molecule has 1 saturated heterocycles. The summed E-state index contributed by atoms with van der Waals surface area (Å²) in [7, 11) is -0.887. The molecule has 0 aromatic heterocycles. The summed E-state index contributed by atoms with van der Waals surface area (Å²) in [6.07, 6.45) is 1.72. The first-order valence-electron chi connectivity index (χ1n) is 6.86. The van der Waals surface area contributed by atoms with E-state index in [0.717, 1.165) is 12.8 Å². The van der Waals surface area contributed by atoms with Gasteiger partial charge in [-0.25, -0.2) is 0 Å². The molecule has 1 aliphatic heterocycles. The molecule has 0 amide bonds. The van der Waals surface area contributed by atoms with E-state index in [4.69, 9.17) is 9.47 Å². The van der Waals surface area contributed by atoms with Gasteiger partial charge in [-0.05, 0) is 31.9 Å². The standard InChI is InChI=1S/C15H20O4S/c1-12(16)14-4-2-3-5-15(14)19-10-11-20(17)13-6-8-18-9-7-13/h2-5,13H,6-11H2,1H3. The molecular formula is C15H20O4S. The summed E-state index contributed by atoms with van der Waals surface area (Å²) in [6, 6.07) is 7.15. The van der Waals surface area contributed by atoms with Crippen molar-refractivity contribution in [2.45, 2.75) is 25.0 Å². The number of ketones is 1. The van der Waals surface area contributed by atoms with Crippen molar-refractivity contribution < 1.29 is 18.5 Å². The first kappa shape index (κ1) is 15.2. The molecule has 5 heteroatoms. The van der Waals surface area contributed by atoms with Crippen molar-refractivity contribution >= 4 is 16.6 Å². The summed E-state index contributed by atoms with van der Waals surface area (Å²) < 4.78 is 23.0. The maximum Gasteiger partial charge on any atom is 0.163 e. The molecule has 1 heterocycles. The van der Waals surface area contributed by atoms with Crippen molar-refractivity contribution in [1.29, 1.82) is 0 Å². The van der Waals surface area contributed by atoms with Gasteiger partial charge in [0, 0.05) is 29.3 Å². The van der Waals surface area contributed by atoms with Gasteiger partial charge in [-0.1, -0.05) is 12.1 Å². The highest BCUT2D eigenvalue weighted by Crippen LogP contribution is 2.19. The molecule has 110 valence electrons. The van der Waals surface area contributed by atoms with Crippen LogP contribution in [0.25, 0.3) is 0 Å². The third kappa shape index (κ3) is 4.15. The van der Waals surface area contributed by atoms with E-state index >= 15 is 0 Å². The van der Waals surface area contributed by atoms with Gasteiger partial charge in [-0.15, -0.1) is 0 Å². The number of carbonyl (C=O) groups is 1. The monoisotopic (exact) mass is 296 g/mol. The molecule has 1 unspecified atom stereocenters. The summed E-state index contributed by atoms with van der Waals surface area (Å²) in [5.41, 5.74) is 0.573. The Bertz CT molecular complexity index is 481. The maximum absolute atomic E-state index is 12.1. The molecule has 1 fully saturated rings. The molecule has 4 nitrogen and oxygen atoms in total. The predicted octanol–water partition coefficient (Wildman–Crippen LogP) is 2.20. The lowest BCUT2D eigenvalue weighted by molar-refractivity contribution is 0.0990. The van der Waals surface area contributed by atoms with Crippen LogP contribution in [0.1, 0.15) is 30.1 Å². The van der Waals surface area contributed by atoms with E-state index in [1.54, 1.807) is 12.1 Å². The highest BCUT2D eigenvalue weighted by molar-refractivity contribution is 7.85. The molecule has 0 N–H and O–H groups in total. The second-order valence-electron chi connectivity index (χ2n) is 4.80. The second-order valence-corrected chi connectivity index (χ2v) is 6.63. The average Bonchev–Trinajstić information content (AvgIpc) is 2.48. The Balaban J connectivity index is 1.83. The van der Waals surface area contributed by atoms with Crippen molar-refractivity contribution in [3.8, 4) is 5.75 Å². The minimum absolute atomic E-state index is 0.0221. The molecule has 0 saturated carbocycles. The van der Waals surface area contributed by atoms with Crippen LogP contribution in [0.3, 0.4) is 0 Å². The van der Waals surface area contributed by atoms with Gasteiger partial charge in [0.15, 0.2) is 5.78 Å². The normalized spacial score (nSPS) is 17.6. The first-order chi connectivity index (χ1) is 9.68. The van der Waals surface area contributed by atoms with Crippen LogP contribution in [0.5, 0.6) is 5.75 Å². The quantitative estimate of drug-likeness (QED) is 0.755. The summed E-state index contributed by atoms with van der Waals surface area (Å²) in [4.78, 5) is 11.5. The van der Waals surface area contributed by atoms with Gasteiger partial charge in [0.2, 0.25) is 0 Å². The summed E-state index contributed by atoms with van der Waals surface area (Å²) >= 11 is 0. The number of para-hydroxylation sites is 1. The molecule has 0 aliphatic carbocycles. The number of rotatable bonds is 6. The molecule has 20 heavy (non-hydrogen) atoms. The first-order valence-corrected chi connectivity index (χ1v) is 8.24. The summed E-state index contributed by atoms with van der Waals surface area (Å²) in [5, 5.41) is 0.218.